The normalized spacial score (nSPS) is 10.1. The van der Waals surface area contributed by atoms with E-state index >= 15 is 0 Å². The van der Waals surface area contributed by atoms with Gasteiger partial charge in [-0.15, -0.1) is 12.4 Å². The molecule has 0 aliphatic heterocycles. The fraction of sp³-hybridized carbons (Fsp3) is 0.533. The van der Waals surface area contributed by atoms with Gasteiger partial charge in [-0.25, -0.2) is 4.79 Å². The van der Waals surface area contributed by atoms with E-state index in [1.54, 1.807) is 18.2 Å². The number of nitrogens with zero attached hydrogens (tertiary/aromatic N) is 1. The van der Waals surface area contributed by atoms with Gasteiger partial charge in [0, 0.05) is 6.54 Å². The minimum Gasteiger partial charge on any atom is -0.491 e. The highest BCUT2D eigenvalue weighted by Crippen LogP contribution is 2.23. The van der Waals surface area contributed by atoms with Crippen molar-refractivity contribution in [3.8, 4) is 5.75 Å². The van der Waals surface area contributed by atoms with E-state index in [2.05, 4.69) is 11.8 Å². The minimum atomic E-state index is -0.358. The average molecular weight is 317 g/mol. The van der Waals surface area contributed by atoms with Crippen LogP contribution in [0.5, 0.6) is 5.75 Å². The molecule has 0 amide bonds. The topological polar surface area (TPSA) is 64.8 Å². The van der Waals surface area contributed by atoms with Gasteiger partial charge in [-0.3, -0.25) is 0 Å². The quantitative estimate of drug-likeness (QED) is 0.590. The number of anilines is 1. The standard InChI is InChI=1S/C15H24N2O3.ClH/c1-4-9-19-14-7-6-12(11-13(14)16)15(18)20-10-8-17(3)5-2;/h6-7,11H,4-5,8-10,16H2,1-3H3;1H. The average Bonchev–Trinajstić information content (AvgIpc) is 2.45. The van der Waals surface area contributed by atoms with Crippen molar-refractivity contribution in [2.45, 2.75) is 20.3 Å². The van der Waals surface area contributed by atoms with Crippen LogP contribution < -0.4 is 10.5 Å². The summed E-state index contributed by atoms with van der Waals surface area (Å²) >= 11 is 0. The SMILES string of the molecule is CCCOc1ccc(C(=O)OCCN(C)CC)cc1N.Cl. The molecule has 0 radical (unpaired) electrons. The van der Waals surface area contributed by atoms with Crippen molar-refractivity contribution in [3.05, 3.63) is 23.8 Å². The summed E-state index contributed by atoms with van der Waals surface area (Å²) < 4.78 is 10.7. The highest BCUT2D eigenvalue weighted by Gasteiger charge is 2.10. The molecule has 0 unspecified atom stereocenters. The van der Waals surface area contributed by atoms with Crippen LogP contribution >= 0.6 is 12.4 Å². The molecule has 1 rings (SSSR count). The molecular weight excluding hydrogens is 292 g/mol. The predicted octanol–water partition coefficient (Wildman–Crippen LogP) is 2.59. The van der Waals surface area contributed by atoms with Gasteiger partial charge < -0.3 is 20.1 Å². The van der Waals surface area contributed by atoms with E-state index in [1.165, 1.54) is 0 Å². The van der Waals surface area contributed by atoms with E-state index in [0.29, 0.717) is 30.2 Å². The molecule has 0 spiro atoms. The maximum absolute atomic E-state index is 11.9. The number of rotatable bonds is 8. The van der Waals surface area contributed by atoms with Crippen molar-refractivity contribution in [1.82, 2.24) is 4.90 Å². The van der Waals surface area contributed by atoms with Crippen molar-refractivity contribution in [2.24, 2.45) is 0 Å². The molecule has 1 aromatic carbocycles. The largest absolute Gasteiger partial charge is 0.491 e. The van der Waals surface area contributed by atoms with Crippen LogP contribution in [0, 0.1) is 0 Å². The number of benzene rings is 1. The third-order valence-electron chi connectivity index (χ3n) is 2.95. The fourth-order valence-electron chi connectivity index (χ4n) is 1.55. The maximum atomic E-state index is 11.9. The molecule has 0 fully saturated rings. The second-order valence-electron chi connectivity index (χ2n) is 4.63. The fourth-order valence-corrected chi connectivity index (χ4v) is 1.55. The molecule has 2 N–H and O–H groups in total. The molecule has 5 nitrogen and oxygen atoms in total. The summed E-state index contributed by atoms with van der Waals surface area (Å²) in [6, 6.07) is 4.98. The Kier molecular flexibility index (Phi) is 9.58. The molecule has 1 aromatic rings. The molecule has 0 bridgehead atoms. The van der Waals surface area contributed by atoms with Gasteiger partial charge in [0.15, 0.2) is 0 Å². The summed E-state index contributed by atoms with van der Waals surface area (Å²) in [5, 5.41) is 0. The molecule has 120 valence electrons. The number of carbonyl (C=O) groups excluding carboxylic acids is 1. The second-order valence-corrected chi connectivity index (χ2v) is 4.63. The summed E-state index contributed by atoms with van der Waals surface area (Å²) in [6.07, 6.45) is 0.911. The van der Waals surface area contributed by atoms with Gasteiger partial charge in [0.05, 0.1) is 17.9 Å². The van der Waals surface area contributed by atoms with E-state index in [-0.39, 0.29) is 18.4 Å². The Hall–Kier alpha value is -1.46. The van der Waals surface area contributed by atoms with Gasteiger partial charge in [-0.2, -0.15) is 0 Å². The lowest BCUT2D eigenvalue weighted by Gasteiger charge is -2.14. The number of nitrogens with two attached hydrogens (primary N) is 1. The number of ether oxygens (including phenoxy) is 2. The van der Waals surface area contributed by atoms with Crippen LogP contribution in [0.4, 0.5) is 5.69 Å². The van der Waals surface area contributed by atoms with Crippen molar-refractivity contribution in [3.63, 3.8) is 0 Å². The molecule has 0 heterocycles. The van der Waals surface area contributed by atoms with Crippen molar-refractivity contribution >= 4 is 24.1 Å². The van der Waals surface area contributed by atoms with Crippen molar-refractivity contribution in [1.29, 1.82) is 0 Å². The third-order valence-corrected chi connectivity index (χ3v) is 2.95. The van der Waals surface area contributed by atoms with Crippen LogP contribution in [-0.2, 0) is 4.74 Å². The first-order valence-corrected chi connectivity index (χ1v) is 6.96. The highest BCUT2D eigenvalue weighted by atomic mass is 35.5. The van der Waals surface area contributed by atoms with Crippen LogP contribution in [0.25, 0.3) is 0 Å². The smallest absolute Gasteiger partial charge is 0.338 e. The van der Waals surface area contributed by atoms with E-state index in [0.717, 1.165) is 19.5 Å². The number of hydrogen-bond donors (Lipinski definition) is 1. The molecule has 0 saturated heterocycles. The van der Waals surface area contributed by atoms with Crippen LogP contribution in [0.1, 0.15) is 30.6 Å². The number of carbonyl (C=O) groups is 1. The number of halogens is 1. The summed E-state index contributed by atoms with van der Waals surface area (Å²) in [6.45, 7) is 6.70. The lowest BCUT2D eigenvalue weighted by Crippen LogP contribution is -2.24. The highest BCUT2D eigenvalue weighted by molar-refractivity contribution is 5.91. The second kappa shape index (κ2) is 10.3. The number of esters is 1. The van der Waals surface area contributed by atoms with Gasteiger partial charge in [0.1, 0.15) is 12.4 Å². The summed E-state index contributed by atoms with van der Waals surface area (Å²) in [7, 11) is 1.98. The van der Waals surface area contributed by atoms with Gasteiger partial charge >= 0.3 is 5.97 Å². The zero-order valence-corrected chi connectivity index (χ0v) is 13.7. The first-order valence-electron chi connectivity index (χ1n) is 6.96. The van der Waals surface area contributed by atoms with E-state index < -0.39 is 0 Å². The summed E-state index contributed by atoms with van der Waals surface area (Å²) in [4.78, 5) is 13.9. The van der Waals surface area contributed by atoms with Crippen LogP contribution in [0.15, 0.2) is 18.2 Å². The lowest BCUT2D eigenvalue weighted by molar-refractivity contribution is 0.0475. The lowest BCUT2D eigenvalue weighted by atomic mass is 10.2. The van der Waals surface area contributed by atoms with Crippen LogP contribution in [0.3, 0.4) is 0 Å². The third kappa shape index (κ3) is 6.69. The van der Waals surface area contributed by atoms with E-state index in [9.17, 15) is 4.79 Å². The van der Waals surface area contributed by atoms with Crippen LogP contribution in [0.2, 0.25) is 0 Å². The Bertz CT molecular complexity index is 441. The molecule has 0 aliphatic rings. The Morgan fingerprint density at radius 1 is 1.29 bits per heavy atom. The molecular formula is C15H25ClN2O3. The number of hydrogen-bond acceptors (Lipinski definition) is 5. The van der Waals surface area contributed by atoms with Gasteiger partial charge in [-0.05, 0) is 38.2 Å². The first kappa shape index (κ1) is 19.5. The Morgan fingerprint density at radius 2 is 2.00 bits per heavy atom. The monoisotopic (exact) mass is 316 g/mol. The minimum absolute atomic E-state index is 0. The predicted molar refractivity (Wildman–Crippen MR) is 87.3 cm³/mol. The molecule has 0 atom stereocenters. The number of nitrogen functional groups attached to an aromatic ring is 1. The van der Waals surface area contributed by atoms with Crippen molar-refractivity contribution in [2.75, 3.05) is 39.1 Å². The van der Waals surface area contributed by atoms with Gasteiger partial charge in [0.2, 0.25) is 0 Å². The summed E-state index contributed by atoms with van der Waals surface area (Å²) in [5.74, 6) is 0.248. The molecule has 0 aliphatic carbocycles. The van der Waals surface area contributed by atoms with Crippen LogP contribution in [-0.4, -0.2) is 44.2 Å². The zero-order chi connectivity index (χ0) is 15.0. The first-order chi connectivity index (χ1) is 9.58. The number of likely N-dealkylation sites (N-methyl/N-ethyl adjacent to an activating group) is 1. The Balaban J connectivity index is 0.00000400. The van der Waals surface area contributed by atoms with E-state index in [1.807, 2.05) is 14.0 Å². The van der Waals surface area contributed by atoms with E-state index in [4.69, 9.17) is 15.2 Å². The van der Waals surface area contributed by atoms with Crippen molar-refractivity contribution < 1.29 is 14.3 Å². The zero-order valence-electron chi connectivity index (χ0n) is 12.9. The van der Waals surface area contributed by atoms with Gasteiger partial charge in [-0.1, -0.05) is 13.8 Å². The Morgan fingerprint density at radius 3 is 2.57 bits per heavy atom. The molecule has 0 aromatic heterocycles. The maximum Gasteiger partial charge on any atom is 0.338 e. The molecule has 0 saturated carbocycles. The Labute approximate surface area is 132 Å². The molecule has 21 heavy (non-hydrogen) atoms. The van der Waals surface area contributed by atoms with Gasteiger partial charge in [0.25, 0.3) is 0 Å². The molecule has 6 heteroatoms. The summed E-state index contributed by atoms with van der Waals surface area (Å²) in [5.41, 5.74) is 6.76.